The Bertz CT molecular complexity index is 691. The van der Waals surface area contributed by atoms with Crippen molar-refractivity contribution in [1.82, 2.24) is 14.8 Å². The van der Waals surface area contributed by atoms with Crippen LogP contribution in [-0.4, -0.2) is 14.8 Å². The maximum atomic E-state index is 5.98. The maximum Gasteiger partial charge on any atom is 0.152 e. The molecule has 3 rings (SSSR count). The van der Waals surface area contributed by atoms with Crippen LogP contribution < -0.4 is 0 Å². The van der Waals surface area contributed by atoms with Crippen molar-refractivity contribution < 1.29 is 0 Å². The summed E-state index contributed by atoms with van der Waals surface area (Å²) >= 11 is 5.98. The zero-order chi connectivity index (χ0) is 13.2. The summed E-state index contributed by atoms with van der Waals surface area (Å²) in [6, 6.07) is 14.5. The predicted octanol–water partition coefficient (Wildman–Crippen LogP) is 3.72. The van der Waals surface area contributed by atoms with Gasteiger partial charge in [0.15, 0.2) is 5.82 Å². The molecular formula is C15H14ClN3. The van der Waals surface area contributed by atoms with Crippen molar-refractivity contribution >= 4 is 22.4 Å². The molecule has 0 bridgehead atoms. The molecule has 1 aromatic heterocycles. The van der Waals surface area contributed by atoms with Gasteiger partial charge in [0, 0.05) is 11.8 Å². The van der Waals surface area contributed by atoms with Crippen LogP contribution in [0.5, 0.6) is 0 Å². The fourth-order valence-corrected chi connectivity index (χ4v) is 2.52. The van der Waals surface area contributed by atoms with E-state index in [0.717, 1.165) is 23.8 Å². The third kappa shape index (κ3) is 2.00. The van der Waals surface area contributed by atoms with Crippen molar-refractivity contribution in [3.63, 3.8) is 0 Å². The Morgan fingerprint density at radius 1 is 1.00 bits per heavy atom. The largest absolute Gasteiger partial charge is 0.281 e. The first-order valence-corrected chi connectivity index (χ1v) is 6.86. The molecule has 0 amide bonds. The SMILES string of the molecule is CCc1nnc(CCl)n1-c1cccc2ccccc12. The molecule has 0 spiro atoms. The van der Waals surface area contributed by atoms with E-state index in [1.54, 1.807) is 0 Å². The van der Waals surface area contributed by atoms with Crippen molar-refractivity contribution in [3.8, 4) is 5.69 Å². The molecule has 4 heteroatoms. The van der Waals surface area contributed by atoms with E-state index in [1.165, 1.54) is 10.8 Å². The highest BCUT2D eigenvalue weighted by Gasteiger charge is 2.13. The fraction of sp³-hybridized carbons (Fsp3) is 0.200. The number of fused-ring (bicyclic) bond motifs is 1. The quantitative estimate of drug-likeness (QED) is 0.680. The zero-order valence-corrected chi connectivity index (χ0v) is 11.4. The minimum absolute atomic E-state index is 0.357. The van der Waals surface area contributed by atoms with Gasteiger partial charge in [-0.05, 0) is 11.5 Å². The number of rotatable bonds is 3. The second-order valence-corrected chi connectivity index (χ2v) is 4.62. The van der Waals surface area contributed by atoms with Gasteiger partial charge in [-0.25, -0.2) is 0 Å². The lowest BCUT2D eigenvalue weighted by atomic mass is 10.1. The van der Waals surface area contributed by atoms with E-state index in [-0.39, 0.29) is 0 Å². The summed E-state index contributed by atoms with van der Waals surface area (Å²) < 4.78 is 2.06. The molecule has 0 radical (unpaired) electrons. The van der Waals surface area contributed by atoms with Crippen LogP contribution >= 0.6 is 11.6 Å². The first-order valence-electron chi connectivity index (χ1n) is 6.32. The average molecular weight is 272 g/mol. The summed E-state index contributed by atoms with van der Waals surface area (Å²) in [5, 5.41) is 10.8. The van der Waals surface area contributed by atoms with Gasteiger partial charge in [0.2, 0.25) is 0 Å². The topological polar surface area (TPSA) is 30.7 Å². The number of benzene rings is 2. The van der Waals surface area contributed by atoms with E-state index in [2.05, 4.69) is 52.0 Å². The van der Waals surface area contributed by atoms with E-state index in [0.29, 0.717) is 5.88 Å². The van der Waals surface area contributed by atoms with E-state index < -0.39 is 0 Å². The van der Waals surface area contributed by atoms with Crippen LogP contribution in [0, 0.1) is 0 Å². The third-order valence-electron chi connectivity index (χ3n) is 3.24. The number of hydrogen-bond acceptors (Lipinski definition) is 2. The molecule has 3 aromatic rings. The molecule has 0 aliphatic rings. The molecule has 2 aromatic carbocycles. The van der Waals surface area contributed by atoms with Crippen LogP contribution in [0.25, 0.3) is 16.5 Å². The minimum atomic E-state index is 0.357. The number of nitrogens with zero attached hydrogens (tertiary/aromatic N) is 3. The smallest absolute Gasteiger partial charge is 0.152 e. The van der Waals surface area contributed by atoms with Crippen LogP contribution in [0.1, 0.15) is 18.6 Å². The zero-order valence-electron chi connectivity index (χ0n) is 10.7. The Morgan fingerprint density at radius 3 is 2.53 bits per heavy atom. The van der Waals surface area contributed by atoms with Crippen molar-refractivity contribution in [2.24, 2.45) is 0 Å². The van der Waals surface area contributed by atoms with Gasteiger partial charge in [0.25, 0.3) is 0 Å². The standard InChI is InChI=1S/C15H14ClN3/c1-2-14-17-18-15(10-16)19(14)13-9-5-7-11-6-3-4-8-12(11)13/h3-9H,2,10H2,1H3. The molecule has 0 N–H and O–H groups in total. The summed E-state index contributed by atoms with van der Waals surface area (Å²) in [6.45, 7) is 2.07. The van der Waals surface area contributed by atoms with Gasteiger partial charge in [-0.2, -0.15) is 0 Å². The molecule has 0 aliphatic carbocycles. The normalized spacial score (nSPS) is 11.1. The number of halogens is 1. The minimum Gasteiger partial charge on any atom is -0.281 e. The summed E-state index contributed by atoms with van der Waals surface area (Å²) in [5.74, 6) is 2.08. The number of alkyl halides is 1. The highest BCUT2D eigenvalue weighted by Crippen LogP contribution is 2.24. The Labute approximate surface area is 116 Å². The summed E-state index contributed by atoms with van der Waals surface area (Å²) in [4.78, 5) is 0. The van der Waals surface area contributed by atoms with Crippen molar-refractivity contribution in [2.75, 3.05) is 0 Å². The second kappa shape index (κ2) is 5.02. The van der Waals surface area contributed by atoms with Crippen molar-refractivity contribution in [2.45, 2.75) is 19.2 Å². The fourth-order valence-electron chi connectivity index (χ4n) is 2.35. The lowest BCUT2D eigenvalue weighted by Crippen LogP contribution is -2.04. The van der Waals surface area contributed by atoms with Gasteiger partial charge in [-0.15, -0.1) is 21.8 Å². The first kappa shape index (κ1) is 12.2. The Morgan fingerprint density at radius 2 is 1.74 bits per heavy atom. The monoisotopic (exact) mass is 271 g/mol. The lowest BCUT2D eigenvalue weighted by molar-refractivity contribution is 0.872. The molecule has 96 valence electrons. The molecule has 3 nitrogen and oxygen atoms in total. The third-order valence-corrected chi connectivity index (χ3v) is 3.48. The van der Waals surface area contributed by atoms with Crippen LogP contribution in [0.2, 0.25) is 0 Å². The predicted molar refractivity (Wildman–Crippen MR) is 77.8 cm³/mol. The molecule has 0 saturated heterocycles. The number of hydrogen-bond donors (Lipinski definition) is 0. The highest BCUT2D eigenvalue weighted by atomic mass is 35.5. The van der Waals surface area contributed by atoms with Gasteiger partial charge < -0.3 is 0 Å². The summed E-state index contributed by atoms with van der Waals surface area (Å²) in [7, 11) is 0. The van der Waals surface area contributed by atoms with Crippen LogP contribution in [-0.2, 0) is 12.3 Å². The molecular weight excluding hydrogens is 258 g/mol. The molecule has 19 heavy (non-hydrogen) atoms. The Kier molecular flexibility index (Phi) is 3.22. The number of aromatic nitrogens is 3. The van der Waals surface area contributed by atoms with Gasteiger partial charge in [0.1, 0.15) is 5.82 Å². The van der Waals surface area contributed by atoms with Crippen molar-refractivity contribution in [3.05, 3.63) is 54.1 Å². The van der Waals surface area contributed by atoms with E-state index in [9.17, 15) is 0 Å². The maximum absolute atomic E-state index is 5.98. The summed E-state index contributed by atoms with van der Waals surface area (Å²) in [5.41, 5.74) is 1.09. The van der Waals surface area contributed by atoms with Crippen LogP contribution in [0.4, 0.5) is 0 Å². The molecule has 0 aliphatic heterocycles. The van der Waals surface area contributed by atoms with Gasteiger partial charge >= 0.3 is 0 Å². The van der Waals surface area contributed by atoms with Crippen molar-refractivity contribution in [1.29, 1.82) is 0 Å². The van der Waals surface area contributed by atoms with E-state index in [4.69, 9.17) is 11.6 Å². The van der Waals surface area contributed by atoms with Crippen LogP contribution in [0.3, 0.4) is 0 Å². The van der Waals surface area contributed by atoms with Gasteiger partial charge in [0.05, 0.1) is 11.6 Å². The molecule has 1 heterocycles. The Hall–Kier alpha value is -1.87. The lowest BCUT2D eigenvalue weighted by Gasteiger charge is -2.11. The van der Waals surface area contributed by atoms with Crippen LogP contribution in [0.15, 0.2) is 42.5 Å². The average Bonchev–Trinajstić information content (AvgIpc) is 2.89. The molecule has 0 saturated carbocycles. The first-order chi connectivity index (χ1) is 9.35. The van der Waals surface area contributed by atoms with E-state index >= 15 is 0 Å². The highest BCUT2D eigenvalue weighted by molar-refractivity contribution is 6.16. The summed E-state index contributed by atoms with van der Waals surface area (Å²) in [6.07, 6.45) is 0.826. The second-order valence-electron chi connectivity index (χ2n) is 4.35. The van der Waals surface area contributed by atoms with Gasteiger partial charge in [-0.1, -0.05) is 43.3 Å². The molecule has 0 fully saturated rings. The Balaban J connectivity index is 2.33. The molecule has 0 atom stereocenters. The van der Waals surface area contributed by atoms with E-state index in [1.807, 2.05) is 12.1 Å². The molecule has 0 unspecified atom stereocenters. The van der Waals surface area contributed by atoms with Gasteiger partial charge in [-0.3, -0.25) is 4.57 Å². The number of aryl methyl sites for hydroxylation is 1.